The summed E-state index contributed by atoms with van der Waals surface area (Å²) in [4.78, 5) is 15.5. The number of pyridine rings is 1. The molecule has 0 aliphatic carbocycles. The minimum atomic E-state index is 0.682. The van der Waals surface area contributed by atoms with Crippen LogP contribution in [0.3, 0.4) is 0 Å². The summed E-state index contributed by atoms with van der Waals surface area (Å²) in [6.07, 6.45) is 0. The van der Waals surface area contributed by atoms with E-state index in [4.69, 9.17) is 19.4 Å². The Balaban J connectivity index is 1.09. The van der Waals surface area contributed by atoms with E-state index in [1.165, 1.54) is 5.56 Å². The lowest BCUT2D eigenvalue weighted by atomic mass is 9.98. The molecule has 0 aliphatic rings. The van der Waals surface area contributed by atoms with Crippen LogP contribution in [0.4, 0.5) is 0 Å². The van der Waals surface area contributed by atoms with E-state index in [1.807, 2.05) is 42.5 Å². The van der Waals surface area contributed by atoms with Gasteiger partial charge in [-0.2, -0.15) is 0 Å². The highest BCUT2D eigenvalue weighted by Crippen LogP contribution is 2.41. The van der Waals surface area contributed by atoms with E-state index in [0.29, 0.717) is 5.82 Å². The van der Waals surface area contributed by atoms with Gasteiger partial charge in [-0.15, -0.1) is 0 Å². The third kappa shape index (κ3) is 5.63. The van der Waals surface area contributed by atoms with Crippen molar-refractivity contribution in [2.45, 2.75) is 0 Å². The fourth-order valence-electron chi connectivity index (χ4n) is 7.20. The first-order valence-corrected chi connectivity index (χ1v) is 17.8. The number of para-hydroxylation sites is 1. The monoisotopic (exact) mass is 677 g/mol. The first-order chi connectivity index (χ1) is 26.2. The van der Waals surface area contributed by atoms with Crippen molar-refractivity contribution in [2.24, 2.45) is 0 Å². The summed E-state index contributed by atoms with van der Waals surface area (Å²) in [5, 5.41) is 3.06. The van der Waals surface area contributed by atoms with Crippen molar-refractivity contribution < 1.29 is 4.42 Å². The Kier molecular flexibility index (Phi) is 7.43. The Hall–Kier alpha value is -7.17. The zero-order valence-corrected chi connectivity index (χ0v) is 28.6. The van der Waals surface area contributed by atoms with Crippen molar-refractivity contribution in [3.63, 3.8) is 0 Å². The highest BCUT2D eigenvalue weighted by Gasteiger charge is 2.19. The second kappa shape index (κ2) is 12.9. The average Bonchev–Trinajstić information content (AvgIpc) is 3.64. The number of rotatable bonds is 6. The van der Waals surface area contributed by atoms with E-state index in [1.54, 1.807) is 0 Å². The molecule has 53 heavy (non-hydrogen) atoms. The molecule has 4 nitrogen and oxygen atoms in total. The van der Waals surface area contributed by atoms with Crippen molar-refractivity contribution in [1.29, 1.82) is 0 Å². The second-order valence-corrected chi connectivity index (χ2v) is 13.2. The van der Waals surface area contributed by atoms with Gasteiger partial charge < -0.3 is 4.42 Å². The van der Waals surface area contributed by atoms with Gasteiger partial charge in [-0.3, -0.25) is 0 Å². The predicted octanol–water partition coefficient (Wildman–Crippen LogP) is 12.9. The molecule has 4 heteroatoms. The molecule has 0 radical (unpaired) electrons. The molecule has 0 N–H and O–H groups in total. The number of hydrogen-bond donors (Lipinski definition) is 0. The smallest absolute Gasteiger partial charge is 0.160 e. The summed E-state index contributed by atoms with van der Waals surface area (Å²) < 4.78 is 6.55. The van der Waals surface area contributed by atoms with Crippen LogP contribution in [0.1, 0.15) is 0 Å². The van der Waals surface area contributed by atoms with E-state index in [-0.39, 0.29) is 0 Å². The van der Waals surface area contributed by atoms with E-state index in [2.05, 4.69) is 146 Å². The van der Waals surface area contributed by atoms with Gasteiger partial charge in [0, 0.05) is 33.0 Å². The Bertz CT molecular complexity index is 2900. The lowest BCUT2D eigenvalue weighted by molar-refractivity contribution is 0.672. The lowest BCUT2D eigenvalue weighted by Crippen LogP contribution is -1.96. The van der Waals surface area contributed by atoms with Crippen LogP contribution >= 0.6 is 0 Å². The van der Waals surface area contributed by atoms with Gasteiger partial charge in [0.15, 0.2) is 5.82 Å². The van der Waals surface area contributed by atoms with Crippen LogP contribution < -0.4 is 0 Å². The van der Waals surface area contributed by atoms with Gasteiger partial charge >= 0.3 is 0 Å². The molecule has 0 saturated carbocycles. The summed E-state index contributed by atoms with van der Waals surface area (Å²) in [6.45, 7) is 0. The molecule has 0 amide bonds. The second-order valence-electron chi connectivity index (χ2n) is 13.2. The van der Waals surface area contributed by atoms with Crippen LogP contribution in [-0.2, 0) is 0 Å². The number of fused-ring (bicyclic) bond motifs is 5. The highest BCUT2D eigenvalue weighted by molar-refractivity contribution is 6.19. The lowest BCUT2D eigenvalue weighted by Gasteiger charge is -2.11. The Morgan fingerprint density at radius 3 is 1.51 bits per heavy atom. The summed E-state index contributed by atoms with van der Waals surface area (Å²) >= 11 is 0. The van der Waals surface area contributed by atoms with Crippen molar-refractivity contribution in [2.75, 3.05) is 0 Å². The summed E-state index contributed by atoms with van der Waals surface area (Å²) in [7, 11) is 0. The predicted molar refractivity (Wildman–Crippen MR) is 217 cm³/mol. The molecule has 3 aromatic heterocycles. The first kappa shape index (κ1) is 30.6. The standard InChI is InChI=1S/C49H31N3O/c1-4-12-32(13-5-1)34-20-26-38(27-21-34)49-51-42(35-16-8-3-9-17-35)31-43(52-49)36-22-24-37(25-23-36)47-46-41-18-10-11-19-45(41)53-48(46)40-29-28-39(30-44(40)50-47)33-14-6-2-7-15-33/h1-31H. The maximum atomic E-state index is 6.55. The first-order valence-electron chi connectivity index (χ1n) is 17.8. The van der Waals surface area contributed by atoms with Crippen LogP contribution in [0.2, 0.25) is 0 Å². The molecule has 0 spiro atoms. The maximum absolute atomic E-state index is 6.55. The topological polar surface area (TPSA) is 51.8 Å². The third-order valence-electron chi connectivity index (χ3n) is 9.91. The largest absolute Gasteiger partial charge is 0.455 e. The molecular weight excluding hydrogens is 647 g/mol. The highest BCUT2D eigenvalue weighted by atomic mass is 16.3. The Morgan fingerprint density at radius 2 is 0.830 bits per heavy atom. The molecule has 3 heterocycles. The van der Waals surface area contributed by atoms with Gasteiger partial charge in [-0.05, 0) is 46.5 Å². The normalized spacial score (nSPS) is 11.4. The van der Waals surface area contributed by atoms with Crippen LogP contribution in [0, 0.1) is 0 Å². The van der Waals surface area contributed by atoms with E-state index < -0.39 is 0 Å². The SMILES string of the molecule is c1ccc(-c2ccc(-c3nc(-c4ccccc4)cc(-c4ccc(-c5nc6cc(-c7ccccc7)ccc6c6oc7ccccc7c56)cc4)n3)cc2)cc1. The quantitative estimate of drug-likeness (QED) is 0.176. The van der Waals surface area contributed by atoms with Gasteiger partial charge in [0.1, 0.15) is 11.2 Å². The number of aromatic nitrogens is 3. The minimum Gasteiger partial charge on any atom is -0.455 e. The van der Waals surface area contributed by atoms with Crippen molar-refractivity contribution in [3.05, 3.63) is 188 Å². The minimum absolute atomic E-state index is 0.682. The van der Waals surface area contributed by atoms with E-state index in [0.717, 1.165) is 88.9 Å². The van der Waals surface area contributed by atoms with Crippen LogP contribution in [0.15, 0.2) is 192 Å². The van der Waals surface area contributed by atoms with Crippen molar-refractivity contribution in [1.82, 2.24) is 15.0 Å². The number of hydrogen-bond acceptors (Lipinski definition) is 4. The number of nitrogens with zero attached hydrogens (tertiary/aromatic N) is 3. The fourth-order valence-corrected chi connectivity index (χ4v) is 7.20. The average molecular weight is 678 g/mol. The number of benzene rings is 7. The number of furan rings is 1. The van der Waals surface area contributed by atoms with Crippen LogP contribution in [-0.4, -0.2) is 15.0 Å². The summed E-state index contributed by atoms with van der Waals surface area (Å²) in [6, 6.07) is 64.9. The summed E-state index contributed by atoms with van der Waals surface area (Å²) in [5.41, 5.74) is 13.8. The van der Waals surface area contributed by atoms with Gasteiger partial charge in [0.2, 0.25) is 0 Å². The molecule has 0 aliphatic heterocycles. The molecule has 248 valence electrons. The van der Waals surface area contributed by atoms with Gasteiger partial charge in [0.05, 0.1) is 28.0 Å². The third-order valence-corrected chi connectivity index (χ3v) is 9.91. The fraction of sp³-hybridized carbons (Fsp3) is 0. The Morgan fingerprint density at radius 1 is 0.340 bits per heavy atom. The molecule has 10 rings (SSSR count). The van der Waals surface area contributed by atoms with Gasteiger partial charge in [-0.1, -0.05) is 164 Å². The van der Waals surface area contributed by atoms with Crippen LogP contribution in [0.5, 0.6) is 0 Å². The van der Waals surface area contributed by atoms with Crippen molar-refractivity contribution in [3.8, 4) is 67.4 Å². The van der Waals surface area contributed by atoms with E-state index >= 15 is 0 Å². The molecule has 0 fully saturated rings. The molecule has 0 saturated heterocycles. The van der Waals surface area contributed by atoms with E-state index in [9.17, 15) is 0 Å². The maximum Gasteiger partial charge on any atom is 0.160 e. The zero-order valence-electron chi connectivity index (χ0n) is 28.6. The van der Waals surface area contributed by atoms with Gasteiger partial charge in [-0.25, -0.2) is 15.0 Å². The molecule has 10 aromatic rings. The molecule has 0 bridgehead atoms. The Labute approximate surface area is 306 Å². The molecular formula is C49H31N3O. The summed E-state index contributed by atoms with van der Waals surface area (Å²) in [5.74, 6) is 0.682. The van der Waals surface area contributed by atoms with Crippen LogP contribution in [0.25, 0.3) is 100 Å². The molecule has 0 unspecified atom stereocenters. The molecule has 0 atom stereocenters. The van der Waals surface area contributed by atoms with Gasteiger partial charge in [0.25, 0.3) is 0 Å². The molecule has 7 aromatic carbocycles. The zero-order chi connectivity index (χ0) is 35.1. The van der Waals surface area contributed by atoms with Crippen molar-refractivity contribution >= 4 is 32.8 Å².